The van der Waals surface area contributed by atoms with E-state index in [-0.39, 0.29) is 0 Å². The van der Waals surface area contributed by atoms with E-state index in [2.05, 4.69) is 57.9 Å². The summed E-state index contributed by atoms with van der Waals surface area (Å²) in [6.45, 7) is 8.37. The maximum absolute atomic E-state index is 5.80. The minimum Gasteiger partial charge on any atom is -0.486 e. The number of hydrogen-bond acceptors (Lipinski definition) is 6. The third-order valence-corrected chi connectivity index (χ3v) is 7.33. The van der Waals surface area contributed by atoms with E-state index in [1.165, 1.54) is 28.2 Å². The van der Waals surface area contributed by atoms with E-state index in [0.717, 1.165) is 53.9 Å². The molecule has 3 aromatic heterocycles. The van der Waals surface area contributed by atoms with Crippen LogP contribution in [0.25, 0.3) is 16.4 Å². The van der Waals surface area contributed by atoms with E-state index >= 15 is 0 Å². The summed E-state index contributed by atoms with van der Waals surface area (Å²) in [5.74, 6) is 2.49. The molecule has 0 unspecified atom stereocenters. The Morgan fingerprint density at radius 3 is 2.79 bits per heavy atom. The molecule has 0 fully saturated rings. The van der Waals surface area contributed by atoms with E-state index in [4.69, 9.17) is 14.5 Å². The molecule has 0 bridgehead atoms. The molecule has 1 aromatic carbocycles. The van der Waals surface area contributed by atoms with Crippen LogP contribution in [-0.2, 0) is 19.5 Å². The van der Waals surface area contributed by atoms with Gasteiger partial charge in [-0.2, -0.15) is 0 Å². The fourth-order valence-corrected chi connectivity index (χ4v) is 5.50. The Morgan fingerprint density at radius 2 is 1.94 bits per heavy atom. The Labute approximate surface area is 197 Å². The number of hydrogen-bond donors (Lipinski definition) is 0. The van der Waals surface area contributed by atoms with Crippen LogP contribution in [0, 0.1) is 13.8 Å². The van der Waals surface area contributed by atoms with Crippen LogP contribution < -0.4 is 9.47 Å². The van der Waals surface area contributed by atoms with Crippen LogP contribution in [-0.4, -0.2) is 39.2 Å². The summed E-state index contributed by atoms with van der Waals surface area (Å²) in [5, 5.41) is 2.07. The van der Waals surface area contributed by atoms with Crippen molar-refractivity contribution in [1.29, 1.82) is 0 Å². The van der Waals surface area contributed by atoms with Crippen molar-refractivity contribution in [3.8, 4) is 27.9 Å². The normalized spacial score (nSPS) is 15.5. The lowest BCUT2D eigenvalue weighted by Crippen LogP contribution is -2.31. The van der Waals surface area contributed by atoms with Crippen LogP contribution >= 0.6 is 11.3 Å². The molecular formula is C26H26N4O2S. The van der Waals surface area contributed by atoms with Crippen molar-refractivity contribution in [1.82, 2.24) is 19.4 Å². The van der Waals surface area contributed by atoms with Crippen molar-refractivity contribution in [3.05, 3.63) is 76.2 Å². The molecule has 168 valence electrons. The average molecular weight is 459 g/mol. The van der Waals surface area contributed by atoms with E-state index in [9.17, 15) is 0 Å². The van der Waals surface area contributed by atoms with E-state index in [1.54, 1.807) is 11.3 Å². The first-order valence-corrected chi connectivity index (χ1v) is 12.2. The number of rotatable bonds is 4. The molecule has 0 saturated carbocycles. The Balaban J connectivity index is 1.22. The van der Waals surface area contributed by atoms with Crippen LogP contribution in [0.4, 0.5) is 0 Å². The van der Waals surface area contributed by atoms with Crippen molar-refractivity contribution in [2.75, 3.05) is 19.8 Å². The van der Waals surface area contributed by atoms with Gasteiger partial charge in [0.15, 0.2) is 17.3 Å². The molecule has 6 nitrogen and oxygen atoms in total. The van der Waals surface area contributed by atoms with Gasteiger partial charge in [0.25, 0.3) is 0 Å². The maximum atomic E-state index is 5.80. The second kappa shape index (κ2) is 8.32. The first kappa shape index (κ1) is 20.4. The lowest BCUT2D eigenvalue weighted by Gasteiger charge is -2.28. The monoisotopic (exact) mass is 458 g/mol. The largest absolute Gasteiger partial charge is 0.486 e. The third kappa shape index (κ3) is 3.81. The zero-order chi connectivity index (χ0) is 22.4. The minimum absolute atomic E-state index is 0.598. The molecule has 0 aliphatic carbocycles. The molecule has 0 saturated heterocycles. The van der Waals surface area contributed by atoms with Gasteiger partial charge in [0.1, 0.15) is 13.2 Å². The summed E-state index contributed by atoms with van der Waals surface area (Å²) in [4.78, 5) is 13.1. The molecule has 6 rings (SSSR count). The fraction of sp³-hybridized carbons (Fsp3) is 0.308. The van der Waals surface area contributed by atoms with E-state index < -0.39 is 0 Å². The van der Waals surface area contributed by atoms with Gasteiger partial charge in [-0.25, -0.2) is 9.97 Å². The zero-order valence-corrected chi connectivity index (χ0v) is 19.7. The maximum Gasteiger partial charge on any atom is 0.169 e. The summed E-state index contributed by atoms with van der Waals surface area (Å²) in [5.41, 5.74) is 7.37. The van der Waals surface area contributed by atoms with Crippen LogP contribution in [0.3, 0.4) is 0 Å². The number of fused-ring (bicyclic) bond motifs is 2. The van der Waals surface area contributed by atoms with Gasteiger partial charge in [0, 0.05) is 61.0 Å². The lowest BCUT2D eigenvalue weighted by molar-refractivity contribution is 0.171. The number of aryl methyl sites for hydroxylation is 1. The molecule has 7 heteroatoms. The average Bonchev–Trinajstić information content (AvgIpc) is 3.47. The van der Waals surface area contributed by atoms with Crippen LogP contribution in [0.15, 0.2) is 48.0 Å². The molecule has 33 heavy (non-hydrogen) atoms. The van der Waals surface area contributed by atoms with Crippen LogP contribution in [0.5, 0.6) is 11.5 Å². The molecule has 5 heterocycles. The molecule has 0 atom stereocenters. The van der Waals surface area contributed by atoms with Crippen molar-refractivity contribution in [2.24, 2.45) is 0 Å². The molecule has 0 amide bonds. The smallest absolute Gasteiger partial charge is 0.169 e. The van der Waals surface area contributed by atoms with Gasteiger partial charge in [-0.3, -0.25) is 4.90 Å². The first-order valence-electron chi connectivity index (χ1n) is 11.3. The number of thiophene rings is 1. The van der Waals surface area contributed by atoms with Gasteiger partial charge >= 0.3 is 0 Å². The summed E-state index contributed by atoms with van der Waals surface area (Å²) < 4.78 is 13.8. The highest BCUT2D eigenvalue weighted by molar-refractivity contribution is 7.13. The van der Waals surface area contributed by atoms with E-state index in [0.29, 0.717) is 13.2 Å². The predicted molar refractivity (Wildman–Crippen MR) is 129 cm³/mol. The number of nitrogens with zero attached hydrogens (tertiary/aromatic N) is 4. The quantitative estimate of drug-likeness (QED) is 0.434. The highest BCUT2D eigenvalue weighted by Gasteiger charge is 2.22. The third-order valence-electron chi connectivity index (χ3n) is 6.47. The molecule has 2 aliphatic rings. The molecular weight excluding hydrogens is 432 g/mol. The predicted octanol–water partition coefficient (Wildman–Crippen LogP) is 4.94. The van der Waals surface area contributed by atoms with E-state index in [1.807, 2.05) is 18.3 Å². The molecule has 0 N–H and O–H groups in total. The first-order chi connectivity index (χ1) is 16.2. The molecule has 0 spiro atoms. The fourth-order valence-electron chi connectivity index (χ4n) is 4.83. The standard InChI is InChI=1S/C26H26N4O2S/c1-17-12-19(18(2)30(17)21-5-6-23-24(13-21)32-10-9-31-23)15-29-8-7-22-20(16-29)14-27-26(28-22)25-4-3-11-33-25/h3-6,11-14H,7-10,15-16H2,1-2H3. The van der Waals surface area contributed by atoms with Gasteiger partial charge in [0.05, 0.1) is 10.6 Å². The van der Waals surface area contributed by atoms with Crippen LogP contribution in [0.1, 0.15) is 28.2 Å². The van der Waals surface area contributed by atoms with Gasteiger partial charge in [0.2, 0.25) is 0 Å². The van der Waals surface area contributed by atoms with Gasteiger partial charge in [-0.15, -0.1) is 11.3 Å². The van der Waals surface area contributed by atoms with Crippen molar-refractivity contribution >= 4 is 11.3 Å². The summed E-state index contributed by atoms with van der Waals surface area (Å²) >= 11 is 1.69. The highest BCUT2D eigenvalue weighted by Crippen LogP contribution is 2.34. The Hall–Kier alpha value is -3.16. The molecule has 0 radical (unpaired) electrons. The van der Waals surface area contributed by atoms with Gasteiger partial charge in [-0.05, 0) is 49.1 Å². The zero-order valence-electron chi connectivity index (χ0n) is 18.9. The molecule has 2 aliphatic heterocycles. The Morgan fingerprint density at radius 1 is 1.06 bits per heavy atom. The van der Waals surface area contributed by atoms with Gasteiger partial charge in [-0.1, -0.05) is 6.07 Å². The minimum atomic E-state index is 0.598. The van der Waals surface area contributed by atoms with Crippen molar-refractivity contribution < 1.29 is 9.47 Å². The molecule has 4 aromatic rings. The highest BCUT2D eigenvalue weighted by atomic mass is 32.1. The topological polar surface area (TPSA) is 52.4 Å². The van der Waals surface area contributed by atoms with Crippen molar-refractivity contribution in [2.45, 2.75) is 33.4 Å². The number of benzene rings is 1. The summed E-state index contributed by atoms with van der Waals surface area (Å²) in [7, 11) is 0. The Bertz CT molecular complexity index is 1310. The number of aromatic nitrogens is 3. The van der Waals surface area contributed by atoms with Gasteiger partial charge < -0.3 is 14.0 Å². The van der Waals surface area contributed by atoms with Crippen LogP contribution in [0.2, 0.25) is 0 Å². The lowest BCUT2D eigenvalue weighted by atomic mass is 10.1. The second-order valence-corrected chi connectivity index (χ2v) is 9.61. The summed E-state index contributed by atoms with van der Waals surface area (Å²) in [6.07, 6.45) is 2.97. The van der Waals surface area contributed by atoms with Crippen molar-refractivity contribution in [3.63, 3.8) is 0 Å². The summed E-state index contributed by atoms with van der Waals surface area (Å²) in [6, 6.07) is 12.6. The Kier molecular flexibility index (Phi) is 5.15. The second-order valence-electron chi connectivity index (χ2n) is 8.66. The number of ether oxygens (including phenoxy) is 2. The SMILES string of the molecule is Cc1cc(CN2CCc3nc(-c4cccs4)ncc3C2)c(C)n1-c1ccc2c(c1)OCCO2.